The van der Waals surface area contributed by atoms with Gasteiger partial charge in [0.05, 0.1) is 29.6 Å². The van der Waals surface area contributed by atoms with E-state index >= 15 is 0 Å². The van der Waals surface area contributed by atoms with Gasteiger partial charge in [-0.3, -0.25) is 14.4 Å². The smallest absolute Gasteiger partial charge is 0.266 e. The molecule has 4 aromatic rings. The molecule has 0 fully saturated rings. The van der Waals surface area contributed by atoms with Crippen LogP contribution in [-0.4, -0.2) is 29.8 Å². The van der Waals surface area contributed by atoms with E-state index in [1.165, 1.54) is 0 Å². The molecule has 7 nitrogen and oxygen atoms in total. The molecule has 0 saturated heterocycles. The van der Waals surface area contributed by atoms with Crippen molar-refractivity contribution in [3.8, 4) is 5.75 Å². The second kappa shape index (κ2) is 7.87. The van der Waals surface area contributed by atoms with Crippen molar-refractivity contribution >= 4 is 40.0 Å². The summed E-state index contributed by atoms with van der Waals surface area (Å²) in [6.07, 6.45) is 0. The van der Waals surface area contributed by atoms with Crippen molar-refractivity contribution in [2.45, 2.75) is 6.92 Å². The van der Waals surface area contributed by atoms with E-state index in [1.807, 2.05) is 25.1 Å². The highest BCUT2D eigenvalue weighted by Crippen LogP contribution is 2.31. The summed E-state index contributed by atoms with van der Waals surface area (Å²) in [7, 11) is 1.58. The minimum atomic E-state index is -0.375. The second-order valence-electron chi connectivity index (χ2n) is 7.66. The van der Waals surface area contributed by atoms with Crippen LogP contribution in [0.3, 0.4) is 0 Å². The average Bonchev–Trinajstić information content (AvgIpc) is 3.09. The molecule has 7 heteroatoms. The van der Waals surface area contributed by atoms with E-state index in [4.69, 9.17) is 4.74 Å². The molecule has 1 N–H and O–H groups in total. The van der Waals surface area contributed by atoms with Crippen molar-refractivity contribution in [1.82, 2.24) is 4.98 Å². The van der Waals surface area contributed by atoms with Gasteiger partial charge in [-0.1, -0.05) is 24.3 Å². The maximum absolute atomic E-state index is 13.0. The van der Waals surface area contributed by atoms with Crippen LogP contribution in [0.15, 0.2) is 72.8 Å². The molecule has 0 radical (unpaired) electrons. The minimum Gasteiger partial charge on any atom is -0.494 e. The van der Waals surface area contributed by atoms with Crippen LogP contribution in [0.2, 0.25) is 0 Å². The lowest BCUT2D eigenvalue weighted by atomic mass is 10.1. The van der Waals surface area contributed by atoms with Gasteiger partial charge in [0.15, 0.2) is 0 Å². The van der Waals surface area contributed by atoms with Gasteiger partial charge in [0.1, 0.15) is 11.3 Å². The number of hydrogen-bond acceptors (Lipinski definition) is 5. The second-order valence-corrected chi connectivity index (χ2v) is 7.66. The van der Waals surface area contributed by atoms with Crippen molar-refractivity contribution < 1.29 is 19.1 Å². The molecule has 0 atom stereocenters. The molecule has 1 aliphatic rings. The molecule has 0 aliphatic carbocycles. The Morgan fingerprint density at radius 2 is 1.58 bits per heavy atom. The number of benzene rings is 3. The van der Waals surface area contributed by atoms with Gasteiger partial charge in [-0.25, -0.2) is 9.88 Å². The first-order valence-electron chi connectivity index (χ1n) is 10.3. The quantitative estimate of drug-likeness (QED) is 0.471. The fourth-order valence-corrected chi connectivity index (χ4v) is 4.00. The van der Waals surface area contributed by atoms with E-state index in [1.54, 1.807) is 61.7 Å². The average molecular weight is 437 g/mol. The minimum absolute atomic E-state index is 0.321. The number of carbonyl (C=O) groups is 3. The lowest BCUT2D eigenvalue weighted by Crippen LogP contribution is -2.29. The number of ether oxygens (including phenoxy) is 1. The van der Waals surface area contributed by atoms with Crippen LogP contribution in [0, 0.1) is 6.92 Å². The van der Waals surface area contributed by atoms with Gasteiger partial charge >= 0.3 is 0 Å². The Morgan fingerprint density at radius 1 is 0.909 bits per heavy atom. The Hall–Kier alpha value is -4.52. The van der Waals surface area contributed by atoms with E-state index in [2.05, 4.69) is 10.3 Å². The summed E-state index contributed by atoms with van der Waals surface area (Å²) in [5, 5.41) is 3.69. The molecular weight excluding hydrogens is 418 g/mol. The lowest BCUT2D eigenvalue weighted by molar-refractivity contribution is 0.0925. The standard InChI is InChI=1S/C26H19N3O4/c1-15-14-21(20-8-5-9-22(33-2)23(20)27-15)28-24(30)16-10-12-17(13-11-16)29-25(31)18-6-3-4-7-19(18)26(29)32/h3-14H,1-2H3,(H,27,28,30). The van der Waals surface area contributed by atoms with Crippen LogP contribution in [-0.2, 0) is 0 Å². The van der Waals surface area contributed by atoms with E-state index in [9.17, 15) is 14.4 Å². The first kappa shape index (κ1) is 20.4. The van der Waals surface area contributed by atoms with Gasteiger partial charge < -0.3 is 10.1 Å². The summed E-state index contributed by atoms with van der Waals surface area (Å²) in [5.41, 5.74) is 3.57. The zero-order valence-electron chi connectivity index (χ0n) is 18.0. The fourth-order valence-electron chi connectivity index (χ4n) is 4.00. The van der Waals surface area contributed by atoms with Crippen molar-refractivity contribution in [1.29, 1.82) is 0 Å². The van der Waals surface area contributed by atoms with Gasteiger partial charge in [0, 0.05) is 16.6 Å². The van der Waals surface area contributed by atoms with Crippen molar-refractivity contribution in [3.63, 3.8) is 0 Å². The molecule has 5 rings (SSSR count). The number of nitrogens with zero attached hydrogens (tertiary/aromatic N) is 2. The van der Waals surface area contributed by atoms with Gasteiger partial charge in [-0.2, -0.15) is 0 Å². The highest BCUT2D eigenvalue weighted by atomic mass is 16.5. The number of para-hydroxylation sites is 1. The zero-order chi connectivity index (χ0) is 23.1. The number of amides is 3. The normalized spacial score (nSPS) is 12.7. The number of fused-ring (bicyclic) bond motifs is 2. The molecule has 0 spiro atoms. The summed E-state index contributed by atoms with van der Waals surface area (Å²) in [5.74, 6) is -0.448. The van der Waals surface area contributed by atoms with Crippen LogP contribution >= 0.6 is 0 Å². The molecule has 0 unspecified atom stereocenters. The SMILES string of the molecule is COc1cccc2c(NC(=O)c3ccc(N4C(=O)c5ccccc5C4=O)cc3)cc(C)nc12. The summed E-state index contributed by atoms with van der Waals surface area (Å²) in [6.45, 7) is 1.85. The molecule has 0 bridgehead atoms. The third-order valence-electron chi connectivity index (χ3n) is 5.58. The Bertz CT molecular complexity index is 1410. The third kappa shape index (κ3) is 3.40. The number of carbonyl (C=O) groups excluding carboxylic acids is 3. The van der Waals surface area contributed by atoms with Gasteiger partial charge in [0.2, 0.25) is 0 Å². The number of nitrogens with one attached hydrogen (secondary N) is 1. The van der Waals surface area contributed by atoms with E-state index < -0.39 is 0 Å². The monoisotopic (exact) mass is 437 g/mol. The summed E-state index contributed by atoms with van der Waals surface area (Å²) < 4.78 is 5.39. The lowest BCUT2D eigenvalue weighted by Gasteiger charge is -2.15. The molecule has 1 aromatic heterocycles. The van der Waals surface area contributed by atoms with E-state index in [0.717, 1.165) is 16.0 Å². The number of methoxy groups -OCH3 is 1. The first-order chi connectivity index (χ1) is 16.0. The molecule has 33 heavy (non-hydrogen) atoms. The summed E-state index contributed by atoms with van der Waals surface area (Å²) in [6, 6.07) is 20.4. The molecule has 1 aliphatic heterocycles. The Kier molecular flexibility index (Phi) is 4.86. The van der Waals surface area contributed by atoms with E-state index in [0.29, 0.717) is 39.3 Å². The zero-order valence-corrected chi connectivity index (χ0v) is 18.0. The maximum atomic E-state index is 13.0. The highest BCUT2D eigenvalue weighted by Gasteiger charge is 2.36. The largest absolute Gasteiger partial charge is 0.494 e. The number of hydrogen-bond donors (Lipinski definition) is 1. The molecule has 0 saturated carbocycles. The van der Waals surface area contributed by atoms with Crippen LogP contribution < -0.4 is 15.0 Å². The third-order valence-corrected chi connectivity index (χ3v) is 5.58. The number of aromatic nitrogens is 1. The molecular formula is C26H19N3O4. The van der Waals surface area contributed by atoms with Gasteiger partial charge in [-0.05, 0) is 55.5 Å². The predicted octanol–water partition coefficient (Wildman–Crippen LogP) is 4.60. The summed E-state index contributed by atoms with van der Waals surface area (Å²) in [4.78, 5) is 44.0. The number of pyridine rings is 1. The summed E-state index contributed by atoms with van der Waals surface area (Å²) >= 11 is 0. The Labute approximate surface area is 189 Å². The number of imide groups is 1. The van der Waals surface area contributed by atoms with Crippen LogP contribution in [0.25, 0.3) is 10.9 Å². The van der Waals surface area contributed by atoms with Crippen molar-refractivity contribution in [3.05, 3.63) is 95.2 Å². The number of rotatable bonds is 4. The maximum Gasteiger partial charge on any atom is 0.266 e. The van der Waals surface area contributed by atoms with Crippen LogP contribution in [0.4, 0.5) is 11.4 Å². The van der Waals surface area contributed by atoms with Crippen LogP contribution in [0.5, 0.6) is 5.75 Å². The molecule has 3 aromatic carbocycles. The van der Waals surface area contributed by atoms with Crippen molar-refractivity contribution in [2.75, 3.05) is 17.3 Å². The fraction of sp³-hybridized carbons (Fsp3) is 0.0769. The van der Waals surface area contributed by atoms with Gasteiger partial charge in [0.25, 0.3) is 17.7 Å². The number of aryl methyl sites for hydroxylation is 1. The molecule has 2 heterocycles. The van der Waals surface area contributed by atoms with Gasteiger partial charge in [-0.15, -0.1) is 0 Å². The van der Waals surface area contributed by atoms with Crippen LogP contribution in [0.1, 0.15) is 36.8 Å². The molecule has 3 amide bonds. The molecule has 162 valence electrons. The Balaban J connectivity index is 1.42. The van der Waals surface area contributed by atoms with Crippen molar-refractivity contribution in [2.24, 2.45) is 0 Å². The first-order valence-corrected chi connectivity index (χ1v) is 10.3. The highest BCUT2D eigenvalue weighted by molar-refractivity contribution is 6.34. The predicted molar refractivity (Wildman–Crippen MR) is 125 cm³/mol. The number of anilines is 2. The topological polar surface area (TPSA) is 88.6 Å². The Morgan fingerprint density at radius 3 is 2.21 bits per heavy atom. The van der Waals surface area contributed by atoms with E-state index in [-0.39, 0.29) is 17.7 Å².